The van der Waals surface area contributed by atoms with Gasteiger partial charge >= 0.3 is 0 Å². The largest absolute Gasteiger partial charge is 0.380 e. The van der Waals surface area contributed by atoms with Crippen molar-refractivity contribution >= 4 is 51.6 Å². The number of halogens is 2. The number of rotatable bonds is 5. The summed E-state index contributed by atoms with van der Waals surface area (Å²) in [7, 11) is 0. The SMILES string of the molecule is C=CCCC(C)Nc1c(Cl)cc(Cl)c2c1N=S=N2. The van der Waals surface area contributed by atoms with E-state index in [4.69, 9.17) is 23.2 Å². The number of hydrogen-bond donors (Lipinski definition) is 1. The van der Waals surface area contributed by atoms with Gasteiger partial charge in [0.25, 0.3) is 0 Å². The van der Waals surface area contributed by atoms with Crippen molar-refractivity contribution < 1.29 is 0 Å². The standard InChI is InChI=1S/C12H13Cl2N3S/c1-3-4-5-7(2)15-10-8(13)6-9(14)11-12(10)17-18-16-11/h3,6-7,15H,1,4-5H2,2H3. The number of fused-ring (bicyclic) bond motifs is 1. The molecule has 0 amide bonds. The zero-order valence-corrected chi connectivity index (χ0v) is 12.2. The summed E-state index contributed by atoms with van der Waals surface area (Å²) in [6.07, 6.45) is 3.85. The van der Waals surface area contributed by atoms with E-state index in [0.29, 0.717) is 15.7 Å². The van der Waals surface area contributed by atoms with Crippen LogP contribution in [0, 0.1) is 0 Å². The second-order valence-electron chi connectivity index (χ2n) is 4.09. The number of benzene rings is 1. The van der Waals surface area contributed by atoms with Gasteiger partial charge in [-0.3, -0.25) is 0 Å². The Hall–Kier alpha value is -0.840. The topological polar surface area (TPSA) is 36.8 Å². The molecule has 0 aromatic heterocycles. The van der Waals surface area contributed by atoms with Crippen LogP contribution < -0.4 is 5.32 Å². The van der Waals surface area contributed by atoms with E-state index in [1.165, 1.54) is 0 Å². The molecule has 1 heterocycles. The van der Waals surface area contributed by atoms with Crippen LogP contribution in [-0.2, 0) is 11.4 Å². The van der Waals surface area contributed by atoms with Gasteiger partial charge in [0.2, 0.25) is 0 Å². The van der Waals surface area contributed by atoms with Gasteiger partial charge in [-0.05, 0) is 25.8 Å². The molecule has 6 heteroatoms. The zero-order chi connectivity index (χ0) is 13.1. The third-order valence-electron chi connectivity index (χ3n) is 2.64. The van der Waals surface area contributed by atoms with E-state index >= 15 is 0 Å². The molecule has 1 N–H and O–H groups in total. The Bertz CT molecular complexity index is 551. The Kier molecular flexibility index (Phi) is 4.43. The number of allylic oxidation sites excluding steroid dienone is 1. The number of nitrogens with one attached hydrogen (secondary N) is 1. The summed E-state index contributed by atoms with van der Waals surface area (Å²) in [5, 5.41) is 4.48. The van der Waals surface area contributed by atoms with Crippen LogP contribution >= 0.6 is 23.2 Å². The third-order valence-corrected chi connectivity index (χ3v) is 3.75. The van der Waals surface area contributed by atoms with Crippen molar-refractivity contribution in [2.24, 2.45) is 8.73 Å². The first kappa shape index (κ1) is 13.6. The molecule has 0 saturated heterocycles. The van der Waals surface area contributed by atoms with Crippen LogP contribution in [0.2, 0.25) is 10.0 Å². The molecule has 0 spiro atoms. The summed E-state index contributed by atoms with van der Waals surface area (Å²) in [6, 6.07) is 1.99. The third kappa shape index (κ3) is 2.76. The van der Waals surface area contributed by atoms with E-state index < -0.39 is 0 Å². The highest BCUT2D eigenvalue weighted by molar-refractivity contribution is 7.58. The second kappa shape index (κ2) is 5.87. The monoisotopic (exact) mass is 301 g/mol. The van der Waals surface area contributed by atoms with Crippen LogP contribution in [0.3, 0.4) is 0 Å². The van der Waals surface area contributed by atoms with E-state index in [9.17, 15) is 0 Å². The van der Waals surface area contributed by atoms with Gasteiger partial charge in [-0.25, -0.2) is 0 Å². The maximum atomic E-state index is 6.21. The quantitative estimate of drug-likeness (QED) is 0.729. The van der Waals surface area contributed by atoms with E-state index in [2.05, 4.69) is 27.5 Å². The first-order chi connectivity index (χ1) is 8.63. The van der Waals surface area contributed by atoms with Gasteiger partial charge in [0.05, 0.1) is 27.1 Å². The van der Waals surface area contributed by atoms with Gasteiger partial charge in [0.15, 0.2) is 0 Å². The Labute approximate surface area is 120 Å². The summed E-state index contributed by atoms with van der Waals surface area (Å²) < 4.78 is 8.43. The minimum absolute atomic E-state index is 0.284. The van der Waals surface area contributed by atoms with Gasteiger partial charge in [-0.1, -0.05) is 29.3 Å². The smallest absolute Gasteiger partial charge is 0.130 e. The predicted octanol–water partition coefficient (Wildman–Crippen LogP) is 5.49. The Morgan fingerprint density at radius 1 is 1.39 bits per heavy atom. The molecule has 1 aromatic carbocycles. The van der Waals surface area contributed by atoms with E-state index in [1.54, 1.807) is 6.07 Å². The van der Waals surface area contributed by atoms with Crippen LogP contribution in [0.5, 0.6) is 0 Å². The fourth-order valence-corrected chi connectivity index (χ4v) is 2.86. The lowest BCUT2D eigenvalue weighted by Crippen LogP contribution is -2.15. The maximum Gasteiger partial charge on any atom is 0.130 e. The molecule has 0 aliphatic carbocycles. The average Bonchev–Trinajstić information content (AvgIpc) is 2.81. The van der Waals surface area contributed by atoms with Crippen molar-refractivity contribution in [1.82, 2.24) is 0 Å². The molecular weight excluding hydrogens is 289 g/mol. The normalized spacial score (nSPS) is 13.9. The maximum absolute atomic E-state index is 6.21. The van der Waals surface area contributed by atoms with Crippen molar-refractivity contribution in [3.05, 3.63) is 28.8 Å². The average molecular weight is 302 g/mol. The highest BCUT2D eigenvalue weighted by Crippen LogP contribution is 2.47. The molecule has 0 saturated carbocycles. The minimum atomic E-state index is 0.284. The van der Waals surface area contributed by atoms with Crippen molar-refractivity contribution in [3.63, 3.8) is 0 Å². The number of nitrogens with zero attached hydrogens (tertiary/aromatic N) is 2. The van der Waals surface area contributed by atoms with Crippen molar-refractivity contribution in [3.8, 4) is 0 Å². The van der Waals surface area contributed by atoms with E-state index in [1.807, 2.05) is 6.08 Å². The van der Waals surface area contributed by atoms with Crippen LogP contribution in [-0.4, -0.2) is 6.04 Å². The molecule has 96 valence electrons. The minimum Gasteiger partial charge on any atom is -0.380 e. The van der Waals surface area contributed by atoms with Crippen molar-refractivity contribution in [2.45, 2.75) is 25.8 Å². The molecule has 18 heavy (non-hydrogen) atoms. The molecule has 0 bridgehead atoms. The van der Waals surface area contributed by atoms with Gasteiger partial charge in [-0.15, -0.1) is 6.58 Å². The summed E-state index contributed by atoms with van der Waals surface area (Å²) in [5.41, 5.74) is 2.24. The molecule has 3 nitrogen and oxygen atoms in total. The first-order valence-corrected chi connectivity index (χ1v) is 7.09. The number of hydrogen-bond acceptors (Lipinski definition) is 3. The van der Waals surface area contributed by atoms with Gasteiger partial charge in [0, 0.05) is 6.04 Å². The highest BCUT2D eigenvalue weighted by Gasteiger charge is 2.19. The predicted molar refractivity (Wildman–Crippen MR) is 80.5 cm³/mol. The molecule has 1 aliphatic heterocycles. The molecule has 1 aliphatic rings. The van der Waals surface area contributed by atoms with Gasteiger partial charge < -0.3 is 5.32 Å². The van der Waals surface area contributed by atoms with E-state index in [-0.39, 0.29) is 6.04 Å². The summed E-state index contributed by atoms with van der Waals surface area (Å²) in [6.45, 7) is 5.82. The zero-order valence-electron chi connectivity index (χ0n) is 9.91. The molecular formula is C12H13Cl2N3S. The summed E-state index contributed by atoms with van der Waals surface area (Å²) in [4.78, 5) is 0. The Morgan fingerprint density at radius 3 is 2.83 bits per heavy atom. The van der Waals surface area contributed by atoms with Crippen molar-refractivity contribution in [1.29, 1.82) is 0 Å². The van der Waals surface area contributed by atoms with Gasteiger partial charge in [-0.2, -0.15) is 8.73 Å². The fourth-order valence-electron chi connectivity index (χ4n) is 1.70. The van der Waals surface area contributed by atoms with Gasteiger partial charge in [0.1, 0.15) is 11.4 Å². The molecule has 1 aromatic rings. The summed E-state index contributed by atoms with van der Waals surface area (Å²) >= 11 is 13.4. The lowest BCUT2D eigenvalue weighted by atomic mass is 10.1. The van der Waals surface area contributed by atoms with Crippen LogP contribution in [0.25, 0.3) is 0 Å². The first-order valence-electron chi connectivity index (χ1n) is 5.61. The van der Waals surface area contributed by atoms with Crippen molar-refractivity contribution in [2.75, 3.05) is 5.32 Å². The molecule has 1 atom stereocenters. The van der Waals surface area contributed by atoms with E-state index in [0.717, 1.165) is 35.6 Å². The van der Waals surface area contributed by atoms with Crippen LogP contribution in [0.1, 0.15) is 19.8 Å². The molecule has 0 radical (unpaired) electrons. The Morgan fingerprint density at radius 2 is 2.11 bits per heavy atom. The fraction of sp³-hybridized carbons (Fsp3) is 0.333. The molecule has 0 fully saturated rings. The molecule has 2 rings (SSSR count). The van der Waals surface area contributed by atoms with Crippen LogP contribution in [0.4, 0.5) is 17.1 Å². The summed E-state index contributed by atoms with van der Waals surface area (Å²) in [5.74, 6) is 0. The lowest BCUT2D eigenvalue weighted by Gasteiger charge is -2.17. The molecule has 1 unspecified atom stereocenters. The second-order valence-corrected chi connectivity index (χ2v) is 5.43. The lowest BCUT2D eigenvalue weighted by molar-refractivity contribution is 0.719. The highest BCUT2D eigenvalue weighted by atomic mass is 35.5. The number of anilines is 1. The van der Waals surface area contributed by atoms with Crippen LogP contribution in [0.15, 0.2) is 27.4 Å². The Balaban J connectivity index is 2.26.